The molecule has 1 saturated heterocycles. The van der Waals surface area contributed by atoms with E-state index in [1.54, 1.807) is 23.7 Å². The molecular formula is C18H20N6O3. The summed E-state index contributed by atoms with van der Waals surface area (Å²) in [5, 5.41) is 8.29. The van der Waals surface area contributed by atoms with Gasteiger partial charge in [-0.3, -0.25) is 9.59 Å². The van der Waals surface area contributed by atoms with Crippen LogP contribution in [0.2, 0.25) is 0 Å². The third-order valence-corrected chi connectivity index (χ3v) is 4.74. The van der Waals surface area contributed by atoms with E-state index in [0.717, 1.165) is 12.8 Å². The van der Waals surface area contributed by atoms with E-state index >= 15 is 0 Å². The fraction of sp³-hybridized carbons (Fsp3) is 0.333. The summed E-state index contributed by atoms with van der Waals surface area (Å²) in [5.41, 5.74) is 8.07. The number of rotatable bonds is 4. The van der Waals surface area contributed by atoms with Gasteiger partial charge in [-0.2, -0.15) is 5.10 Å². The first kappa shape index (κ1) is 17.2. The van der Waals surface area contributed by atoms with Gasteiger partial charge in [-0.15, -0.1) is 0 Å². The van der Waals surface area contributed by atoms with Crippen LogP contribution in [0.5, 0.6) is 0 Å². The van der Waals surface area contributed by atoms with Crippen LogP contribution in [0.15, 0.2) is 29.3 Å². The van der Waals surface area contributed by atoms with E-state index in [0.29, 0.717) is 46.9 Å². The summed E-state index contributed by atoms with van der Waals surface area (Å²) in [5.74, 6) is -0.507. The summed E-state index contributed by atoms with van der Waals surface area (Å²) in [7, 11) is 0. The molecular weight excluding hydrogens is 348 g/mol. The SMILES string of the molecule is Cc1nn(-c2ccc(C(N)=O)c(NC3CCOCC3)c2)c2nc[nH]c(=O)c12. The van der Waals surface area contributed by atoms with Crippen molar-refractivity contribution in [1.82, 2.24) is 19.7 Å². The summed E-state index contributed by atoms with van der Waals surface area (Å²) < 4.78 is 6.98. The minimum absolute atomic E-state index is 0.198. The molecule has 0 radical (unpaired) electrons. The molecule has 0 atom stereocenters. The lowest BCUT2D eigenvalue weighted by atomic mass is 10.1. The van der Waals surface area contributed by atoms with Crippen molar-refractivity contribution in [2.24, 2.45) is 5.73 Å². The molecule has 0 saturated carbocycles. The zero-order valence-corrected chi connectivity index (χ0v) is 14.9. The highest BCUT2D eigenvalue weighted by Gasteiger charge is 2.19. The Hall–Kier alpha value is -3.20. The number of aromatic amines is 1. The highest BCUT2D eigenvalue weighted by Crippen LogP contribution is 2.25. The van der Waals surface area contributed by atoms with E-state index in [1.165, 1.54) is 6.33 Å². The van der Waals surface area contributed by atoms with Gasteiger partial charge in [0.25, 0.3) is 11.5 Å². The Morgan fingerprint density at radius 1 is 1.37 bits per heavy atom. The number of nitrogens with zero attached hydrogens (tertiary/aromatic N) is 3. The fourth-order valence-electron chi connectivity index (χ4n) is 3.36. The van der Waals surface area contributed by atoms with Crippen LogP contribution >= 0.6 is 0 Å². The van der Waals surface area contributed by atoms with Crippen molar-refractivity contribution in [1.29, 1.82) is 0 Å². The normalized spacial score (nSPS) is 15.1. The predicted molar refractivity (Wildman–Crippen MR) is 100 cm³/mol. The number of fused-ring (bicyclic) bond motifs is 1. The zero-order valence-electron chi connectivity index (χ0n) is 14.9. The molecule has 0 unspecified atom stereocenters. The van der Waals surface area contributed by atoms with Gasteiger partial charge in [0.1, 0.15) is 5.39 Å². The molecule has 0 aliphatic carbocycles. The molecule has 3 heterocycles. The maximum absolute atomic E-state index is 12.1. The second-order valence-electron chi connectivity index (χ2n) is 6.55. The lowest BCUT2D eigenvalue weighted by molar-refractivity contribution is 0.0904. The van der Waals surface area contributed by atoms with Crippen molar-refractivity contribution in [3.63, 3.8) is 0 Å². The number of hydrogen-bond acceptors (Lipinski definition) is 6. The van der Waals surface area contributed by atoms with Gasteiger partial charge in [-0.25, -0.2) is 9.67 Å². The van der Waals surface area contributed by atoms with Crippen LogP contribution < -0.4 is 16.6 Å². The number of aromatic nitrogens is 4. The molecule has 1 aliphatic rings. The maximum atomic E-state index is 12.1. The van der Waals surface area contributed by atoms with Crippen molar-refractivity contribution in [3.05, 3.63) is 46.1 Å². The molecule has 0 spiro atoms. The van der Waals surface area contributed by atoms with Gasteiger partial charge in [0.05, 0.1) is 23.3 Å². The van der Waals surface area contributed by atoms with Crippen molar-refractivity contribution in [2.45, 2.75) is 25.8 Å². The highest BCUT2D eigenvalue weighted by molar-refractivity contribution is 5.99. The fourth-order valence-corrected chi connectivity index (χ4v) is 3.36. The van der Waals surface area contributed by atoms with Crippen molar-refractivity contribution >= 4 is 22.6 Å². The maximum Gasteiger partial charge on any atom is 0.262 e. The minimum Gasteiger partial charge on any atom is -0.381 e. The molecule has 4 N–H and O–H groups in total. The lowest BCUT2D eigenvalue weighted by Crippen LogP contribution is -2.29. The number of nitrogens with one attached hydrogen (secondary N) is 2. The van der Waals surface area contributed by atoms with E-state index < -0.39 is 5.91 Å². The second kappa shape index (κ2) is 6.84. The number of aryl methyl sites for hydroxylation is 1. The predicted octanol–water partition coefficient (Wildman–Crippen LogP) is 1.11. The van der Waals surface area contributed by atoms with Crippen LogP contribution in [-0.4, -0.2) is 44.9 Å². The van der Waals surface area contributed by atoms with E-state index in [-0.39, 0.29) is 11.6 Å². The summed E-state index contributed by atoms with van der Waals surface area (Å²) in [6, 6.07) is 5.41. The van der Waals surface area contributed by atoms with Crippen molar-refractivity contribution < 1.29 is 9.53 Å². The monoisotopic (exact) mass is 368 g/mol. The Morgan fingerprint density at radius 2 is 2.15 bits per heavy atom. The first-order valence-corrected chi connectivity index (χ1v) is 8.76. The molecule has 9 nitrogen and oxygen atoms in total. The number of carbonyl (C=O) groups is 1. The zero-order chi connectivity index (χ0) is 19.0. The Bertz CT molecular complexity index is 1060. The Labute approximate surface area is 154 Å². The molecule has 1 aromatic carbocycles. The first-order chi connectivity index (χ1) is 13.0. The van der Waals surface area contributed by atoms with Gasteiger partial charge >= 0.3 is 0 Å². The Balaban J connectivity index is 1.80. The number of carbonyl (C=O) groups excluding carboxylic acids is 1. The van der Waals surface area contributed by atoms with Crippen LogP contribution in [0.25, 0.3) is 16.7 Å². The summed E-state index contributed by atoms with van der Waals surface area (Å²) in [6.07, 6.45) is 3.05. The number of nitrogens with two attached hydrogens (primary N) is 1. The number of benzene rings is 1. The number of ether oxygens (including phenoxy) is 1. The lowest BCUT2D eigenvalue weighted by Gasteiger charge is -2.25. The topological polar surface area (TPSA) is 128 Å². The quantitative estimate of drug-likeness (QED) is 0.633. The first-order valence-electron chi connectivity index (χ1n) is 8.76. The molecule has 27 heavy (non-hydrogen) atoms. The van der Waals surface area contributed by atoms with E-state index in [1.807, 2.05) is 6.07 Å². The number of primary amides is 1. The number of amides is 1. The van der Waals surface area contributed by atoms with Crippen LogP contribution in [0.3, 0.4) is 0 Å². The van der Waals surface area contributed by atoms with Crippen LogP contribution in [0, 0.1) is 6.92 Å². The van der Waals surface area contributed by atoms with Gasteiger partial charge < -0.3 is 20.8 Å². The minimum atomic E-state index is -0.507. The van der Waals surface area contributed by atoms with Crippen LogP contribution in [0.4, 0.5) is 5.69 Å². The van der Waals surface area contributed by atoms with Crippen molar-refractivity contribution in [3.8, 4) is 5.69 Å². The molecule has 3 aromatic rings. The third kappa shape index (κ3) is 3.17. The van der Waals surface area contributed by atoms with Crippen LogP contribution in [-0.2, 0) is 4.74 Å². The van der Waals surface area contributed by atoms with Gasteiger partial charge in [0.2, 0.25) is 0 Å². The molecule has 1 aliphatic heterocycles. The van der Waals surface area contributed by atoms with Gasteiger partial charge in [0.15, 0.2) is 5.65 Å². The van der Waals surface area contributed by atoms with E-state index in [9.17, 15) is 9.59 Å². The average molecular weight is 368 g/mol. The molecule has 2 aromatic heterocycles. The van der Waals surface area contributed by atoms with Gasteiger partial charge in [-0.1, -0.05) is 0 Å². The Kier molecular flexibility index (Phi) is 4.36. The molecule has 1 fully saturated rings. The molecule has 9 heteroatoms. The number of anilines is 1. The number of H-pyrrole nitrogens is 1. The number of hydrogen-bond donors (Lipinski definition) is 3. The highest BCUT2D eigenvalue weighted by atomic mass is 16.5. The van der Waals surface area contributed by atoms with E-state index in [2.05, 4.69) is 20.4 Å². The molecule has 0 bridgehead atoms. The molecule has 140 valence electrons. The molecule has 1 amide bonds. The van der Waals surface area contributed by atoms with E-state index in [4.69, 9.17) is 10.5 Å². The summed E-state index contributed by atoms with van der Waals surface area (Å²) >= 11 is 0. The average Bonchev–Trinajstić information content (AvgIpc) is 3.00. The van der Waals surface area contributed by atoms with Crippen molar-refractivity contribution in [2.75, 3.05) is 18.5 Å². The third-order valence-electron chi connectivity index (χ3n) is 4.74. The summed E-state index contributed by atoms with van der Waals surface area (Å²) in [4.78, 5) is 30.8. The van der Waals surface area contributed by atoms with Gasteiger partial charge in [-0.05, 0) is 38.0 Å². The van der Waals surface area contributed by atoms with Gasteiger partial charge in [0, 0.05) is 24.9 Å². The second-order valence-corrected chi connectivity index (χ2v) is 6.55. The summed E-state index contributed by atoms with van der Waals surface area (Å²) in [6.45, 7) is 3.12. The Morgan fingerprint density at radius 3 is 2.89 bits per heavy atom. The van der Waals surface area contributed by atoms with Crippen LogP contribution in [0.1, 0.15) is 28.9 Å². The standard InChI is InChI=1S/C18H20N6O3/c1-10-15-17(20-9-21-18(15)26)24(23-10)12-2-3-13(16(19)25)14(8-12)22-11-4-6-27-7-5-11/h2-3,8-9,11,22H,4-7H2,1H3,(H2,19,25)(H,20,21,26). The smallest absolute Gasteiger partial charge is 0.262 e. The molecule has 4 rings (SSSR count). The largest absolute Gasteiger partial charge is 0.381 e.